The van der Waals surface area contributed by atoms with E-state index in [-0.39, 0.29) is 11.9 Å². The van der Waals surface area contributed by atoms with Gasteiger partial charge < -0.3 is 0 Å². The number of aryl methyl sites for hydroxylation is 1. The molecule has 9 heteroatoms. The van der Waals surface area contributed by atoms with Crippen LogP contribution in [-0.4, -0.2) is 35.9 Å². The van der Waals surface area contributed by atoms with E-state index in [0.717, 1.165) is 9.84 Å². The number of nitrogens with one attached hydrogen (secondary N) is 2. The molecule has 3 rings (SSSR count). The number of tetrazole rings is 1. The molecule has 0 fully saturated rings. The van der Waals surface area contributed by atoms with Crippen LogP contribution in [0.4, 0.5) is 5.95 Å². The number of amides is 1. The third-order valence-electron chi connectivity index (χ3n) is 2.07. The van der Waals surface area contributed by atoms with E-state index < -0.39 is 0 Å². The third-order valence-corrected chi connectivity index (χ3v) is 2.99. The van der Waals surface area contributed by atoms with Gasteiger partial charge in [0.25, 0.3) is 11.9 Å². The lowest BCUT2D eigenvalue weighted by atomic mass is 10.4. The summed E-state index contributed by atoms with van der Waals surface area (Å²) in [6, 6.07) is 0. The summed E-state index contributed by atoms with van der Waals surface area (Å²) in [6.45, 7) is 1.98. The van der Waals surface area contributed by atoms with Crippen molar-refractivity contribution in [2.24, 2.45) is 0 Å². The molecule has 0 unspecified atom stereocenters. The Morgan fingerprint density at radius 2 is 2.41 bits per heavy atom. The second kappa shape index (κ2) is 3.63. The van der Waals surface area contributed by atoms with Gasteiger partial charge in [0.1, 0.15) is 5.69 Å². The largest absolute Gasteiger partial charge is 0.297 e. The van der Waals surface area contributed by atoms with E-state index in [4.69, 9.17) is 0 Å². The van der Waals surface area contributed by atoms with Crippen LogP contribution in [-0.2, 0) is 0 Å². The average Bonchev–Trinajstić information content (AvgIpc) is 2.92. The molecule has 17 heavy (non-hydrogen) atoms. The van der Waals surface area contributed by atoms with Gasteiger partial charge in [0.2, 0.25) is 0 Å². The van der Waals surface area contributed by atoms with Crippen LogP contribution >= 0.6 is 11.3 Å². The first-order chi connectivity index (χ1) is 8.22. The Morgan fingerprint density at radius 3 is 3.12 bits per heavy atom. The van der Waals surface area contributed by atoms with Gasteiger partial charge in [-0.3, -0.25) is 14.5 Å². The summed E-state index contributed by atoms with van der Waals surface area (Å²) >= 11 is 1.52. The summed E-state index contributed by atoms with van der Waals surface area (Å²) in [5, 5.41) is 15.3. The van der Waals surface area contributed by atoms with E-state index in [1.807, 2.05) is 17.5 Å². The van der Waals surface area contributed by atoms with E-state index in [0.29, 0.717) is 5.69 Å². The molecule has 86 valence electrons. The Balaban J connectivity index is 1.88. The van der Waals surface area contributed by atoms with Gasteiger partial charge in [-0.05, 0) is 12.1 Å². The van der Waals surface area contributed by atoms with Crippen molar-refractivity contribution in [2.75, 3.05) is 5.32 Å². The molecule has 0 aliphatic carbocycles. The van der Waals surface area contributed by atoms with Crippen LogP contribution in [0.2, 0.25) is 0 Å². The van der Waals surface area contributed by atoms with E-state index in [2.05, 4.69) is 30.9 Å². The second-order valence-electron chi connectivity index (χ2n) is 3.35. The van der Waals surface area contributed by atoms with Crippen LogP contribution in [0.25, 0.3) is 4.96 Å². The minimum atomic E-state index is -0.361. The van der Waals surface area contributed by atoms with Gasteiger partial charge in [-0.2, -0.15) is 5.21 Å². The predicted molar refractivity (Wildman–Crippen MR) is 59.9 cm³/mol. The monoisotopic (exact) mass is 249 g/mol. The summed E-state index contributed by atoms with van der Waals surface area (Å²) in [5.74, 6) is -0.234. The number of aromatic amines is 1. The molecule has 0 aliphatic rings. The van der Waals surface area contributed by atoms with Crippen molar-refractivity contribution < 1.29 is 4.79 Å². The van der Waals surface area contributed by atoms with Gasteiger partial charge >= 0.3 is 0 Å². The predicted octanol–water partition coefficient (Wildman–Crippen LogP) is 0.470. The first kappa shape index (κ1) is 9.90. The van der Waals surface area contributed by atoms with Gasteiger partial charge in [-0.1, -0.05) is 5.10 Å². The highest BCUT2D eigenvalue weighted by Crippen LogP contribution is 2.16. The van der Waals surface area contributed by atoms with Crippen LogP contribution in [0.3, 0.4) is 0 Å². The van der Waals surface area contributed by atoms with Gasteiger partial charge in [0.05, 0.1) is 0 Å². The fourth-order valence-corrected chi connectivity index (χ4v) is 2.21. The smallest absolute Gasteiger partial charge is 0.278 e. The molecule has 0 radical (unpaired) electrons. The summed E-state index contributed by atoms with van der Waals surface area (Å²) < 4.78 is 1.81. The van der Waals surface area contributed by atoms with Crippen LogP contribution in [0.5, 0.6) is 0 Å². The lowest BCUT2D eigenvalue weighted by Gasteiger charge is -1.94. The molecule has 0 saturated heterocycles. The van der Waals surface area contributed by atoms with E-state index in [1.165, 1.54) is 11.3 Å². The number of fused-ring (bicyclic) bond motifs is 1. The molecule has 0 saturated carbocycles. The summed E-state index contributed by atoms with van der Waals surface area (Å²) in [7, 11) is 0. The summed E-state index contributed by atoms with van der Waals surface area (Å²) in [4.78, 5) is 17.9. The van der Waals surface area contributed by atoms with E-state index in [1.54, 1.807) is 6.20 Å². The Hall–Kier alpha value is -2.29. The maximum atomic E-state index is 11.8. The lowest BCUT2D eigenvalue weighted by Crippen LogP contribution is -2.13. The van der Waals surface area contributed by atoms with Crippen molar-refractivity contribution in [3.05, 3.63) is 23.0 Å². The minimum absolute atomic E-state index is 0.127. The molecular formula is C8H7N7OS. The fraction of sp³-hybridized carbons (Fsp3) is 0.125. The molecule has 3 heterocycles. The van der Waals surface area contributed by atoms with Gasteiger partial charge in [-0.15, -0.1) is 16.4 Å². The standard InChI is InChI=1S/C8H7N7OS/c1-4-2-15-3-5(9-8(15)17-4)6(16)10-7-11-13-14-12-7/h2-3H,1H3,(H2,10,11,12,13,14,16). The topological polar surface area (TPSA) is 101 Å². The highest BCUT2D eigenvalue weighted by molar-refractivity contribution is 7.17. The third kappa shape index (κ3) is 1.76. The number of thiazole rings is 1. The summed E-state index contributed by atoms with van der Waals surface area (Å²) in [5.41, 5.74) is 0.320. The first-order valence-electron chi connectivity index (χ1n) is 4.72. The van der Waals surface area contributed by atoms with E-state index in [9.17, 15) is 4.79 Å². The maximum absolute atomic E-state index is 11.8. The van der Waals surface area contributed by atoms with Crippen molar-refractivity contribution in [1.82, 2.24) is 30.0 Å². The zero-order valence-electron chi connectivity index (χ0n) is 8.71. The number of H-pyrrole nitrogens is 1. The Bertz CT molecular complexity index is 636. The molecule has 2 N–H and O–H groups in total. The number of anilines is 1. The van der Waals surface area contributed by atoms with Crippen LogP contribution in [0.1, 0.15) is 15.4 Å². The molecule has 0 aliphatic heterocycles. The highest BCUT2D eigenvalue weighted by Gasteiger charge is 2.13. The minimum Gasteiger partial charge on any atom is -0.297 e. The molecule has 0 atom stereocenters. The zero-order chi connectivity index (χ0) is 11.8. The number of aromatic nitrogens is 6. The highest BCUT2D eigenvalue weighted by atomic mass is 32.1. The molecule has 0 bridgehead atoms. The second-order valence-corrected chi connectivity index (χ2v) is 4.56. The lowest BCUT2D eigenvalue weighted by molar-refractivity contribution is 0.102. The molecule has 1 amide bonds. The number of rotatable bonds is 2. The molecular weight excluding hydrogens is 242 g/mol. The van der Waals surface area contributed by atoms with Crippen LogP contribution in [0, 0.1) is 6.92 Å². The number of carbonyl (C=O) groups is 1. The van der Waals surface area contributed by atoms with E-state index >= 15 is 0 Å². The number of carbonyl (C=O) groups excluding carboxylic acids is 1. The fourth-order valence-electron chi connectivity index (χ4n) is 1.40. The number of hydrogen-bond acceptors (Lipinski definition) is 6. The number of nitrogens with zero attached hydrogens (tertiary/aromatic N) is 5. The molecule has 3 aromatic rings. The van der Waals surface area contributed by atoms with Crippen molar-refractivity contribution in [1.29, 1.82) is 0 Å². The van der Waals surface area contributed by atoms with Crippen molar-refractivity contribution in [2.45, 2.75) is 6.92 Å². The van der Waals surface area contributed by atoms with Crippen LogP contribution in [0.15, 0.2) is 12.4 Å². The molecule has 0 aromatic carbocycles. The Morgan fingerprint density at radius 1 is 1.53 bits per heavy atom. The van der Waals surface area contributed by atoms with Crippen molar-refractivity contribution in [3.63, 3.8) is 0 Å². The molecule has 8 nitrogen and oxygen atoms in total. The zero-order valence-corrected chi connectivity index (χ0v) is 9.52. The molecule has 3 aromatic heterocycles. The summed E-state index contributed by atoms with van der Waals surface area (Å²) in [6.07, 6.45) is 3.58. The van der Waals surface area contributed by atoms with Crippen molar-refractivity contribution >= 4 is 28.2 Å². The molecule has 0 spiro atoms. The maximum Gasteiger partial charge on any atom is 0.278 e. The normalized spacial score (nSPS) is 10.9. The Labute approximate surface area is 98.7 Å². The SMILES string of the molecule is Cc1cn2cc(C(=O)Nc3nn[nH]n3)nc2s1. The van der Waals surface area contributed by atoms with Gasteiger partial charge in [0, 0.05) is 17.3 Å². The quantitative estimate of drug-likeness (QED) is 0.687. The average molecular weight is 249 g/mol. The van der Waals surface area contributed by atoms with Crippen molar-refractivity contribution in [3.8, 4) is 0 Å². The number of imidazole rings is 1. The Kier molecular flexibility index (Phi) is 2.11. The number of hydrogen-bond donors (Lipinski definition) is 2. The van der Waals surface area contributed by atoms with Gasteiger partial charge in [-0.25, -0.2) is 4.98 Å². The first-order valence-corrected chi connectivity index (χ1v) is 5.54. The van der Waals surface area contributed by atoms with Gasteiger partial charge in [0.15, 0.2) is 4.96 Å². The van der Waals surface area contributed by atoms with Crippen LogP contribution < -0.4 is 5.32 Å².